The first-order chi connectivity index (χ1) is 13.5. The molecule has 1 aromatic heterocycles. The van der Waals surface area contributed by atoms with Gasteiger partial charge in [-0.2, -0.15) is 0 Å². The molecule has 1 saturated heterocycles. The van der Waals surface area contributed by atoms with Crippen LogP contribution < -0.4 is 5.32 Å². The molecule has 1 fully saturated rings. The van der Waals surface area contributed by atoms with E-state index in [4.69, 9.17) is 4.74 Å². The third kappa shape index (κ3) is 5.03. The zero-order chi connectivity index (χ0) is 20.1. The first kappa shape index (κ1) is 20.2. The molecular weight excluding hydrogens is 388 g/mol. The summed E-state index contributed by atoms with van der Waals surface area (Å²) in [4.78, 5) is 30.9. The Hall–Kier alpha value is -2.55. The van der Waals surface area contributed by atoms with E-state index in [0.29, 0.717) is 43.2 Å². The number of hydrogen-bond acceptors (Lipinski definition) is 5. The van der Waals surface area contributed by atoms with Gasteiger partial charge in [-0.15, -0.1) is 11.3 Å². The highest BCUT2D eigenvalue weighted by molar-refractivity contribution is 7.15. The van der Waals surface area contributed by atoms with Crippen LogP contribution in [-0.4, -0.2) is 41.6 Å². The highest BCUT2D eigenvalue weighted by Gasteiger charge is 2.29. The SMILES string of the molecule is CCOC(=O)N1CCCC(C(=O)Nc2ncc(Cc3ccc(F)c(F)c3)s2)C1. The zero-order valence-corrected chi connectivity index (χ0v) is 16.2. The molecule has 0 bridgehead atoms. The van der Waals surface area contributed by atoms with Crippen molar-refractivity contribution < 1.29 is 23.1 Å². The van der Waals surface area contributed by atoms with Gasteiger partial charge in [-0.3, -0.25) is 4.79 Å². The van der Waals surface area contributed by atoms with Crippen molar-refractivity contribution >= 4 is 28.5 Å². The molecule has 150 valence electrons. The molecule has 0 radical (unpaired) electrons. The van der Waals surface area contributed by atoms with Gasteiger partial charge in [0.1, 0.15) is 0 Å². The molecule has 0 aliphatic carbocycles. The van der Waals surface area contributed by atoms with E-state index in [-0.39, 0.29) is 11.8 Å². The molecule has 9 heteroatoms. The Balaban J connectivity index is 1.57. The van der Waals surface area contributed by atoms with Crippen LogP contribution in [0.15, 0.2) is 24.4 Å². The first-order valence-electron chi connectivity index (χ1n) is 9.07. The molecule has 28 heavy (non-hydrogen) atoms. The number of nitrogens with one attached hydrogen (secondary N) is 1. The summed E-state index contributed by atoms with van der Waals surface area (Å²) >= 11 is 1.28. The van der Waals surface area contributed by atoms with E-state index in [1.807, 2.05) is 0 Å². The number of amides is 2. The van der Waals surface area contributed by atoms with Crippen LogP contribution in [0.4, 0.5) is 18.7 Å². The molecule has 3 rings (SSSR count). The summed E-state index contributed by atoms with van der Waals surface area (Å²) in [5, 5.41) is 3.23. The number of rotatable bonds is 5. The number of carbonyl (C=O) groups is 2. The Morgan fingerprint density at radius 3 is 2.93 bits per heavy atom. The highest BCUT2D eigenvalue weighted by atomic mass is 32.1. The van der Waals surface area contributed by atoms with Gasteiger partial charge in [-0.25, -0.2) is 18.6 Å². The number of benzene rings is 1. The van der Waals surface area contributed by atoms with Crippen molar-refractivity contribution in [2.75, 3.05) is 25.0 Å². The van der Waals surface area contributed by atoms with Gasteiger partial charge in [0.15, 0.2) is 16.8 Å². The number of halogens is 2. The summed E-state index contributed by atoms with van der Waals surface area (Å²) in [5.41, 5.74) is 0.623. The van der Waals surface area contributed by atoms with Crippen LogP contribution in [-0.2, 0) is 16.0 Å². The van der Waals surface area contributed by atoms with E-state index in [9.17, 15) is 18.4 Å². The number of anilines is 1. The number of hydrogen-bond donors (Lipinski definition) is 1. The molecule has 2 amide bonds. The number of nitrogens with zero attached hydrogens (tertiary/aromatic N) is 2. The predicted molar refractivity (Wildman–Crippen MR) is 101 cm³/mol. The summed E-state index contributed by atoms with van der Waals surface area (Å²) in [7, 11) is 0. The standard InChI is InChI=1S/C19H21F2N3O3S/c1-2-27-19(26)24-7-3-4-13(11-24)17(25)23-18-22-10-14(28-18)8-12-5-6-15(20)16(21)9-12/h5-6,9-10,13H,2-4,7-8,11H2,1H3,(H,22,23,25). The van der Waals surface area contributed by atoms with Gasteiger partial charge < -0.3 is 15.0 Å². The van der Waals surface area contributed by atoms with Crippen molar-refractivity contribution in [3.05, 3.63) is 46.5 Å². The van der Waals surface area contributed by atoms with Gasteiger partial charge >= 0.3 is 6.09 Å². The van der Waals surface area contributed by atoms with Crippen LogP contribution >= 0.6 is 11.3 Å². The summed E-state index contributed by atoms with van der Waals surface area (Å²) in [6, 6.07) is 3.76. The Bertz CT molecular complexity index is 859. The maximum Gasteiger partial charge on any atom is 0.409 e. The number of carbonyl (C=O) groups excluding carboxylic acids is 2. The molecule has 0 spiro atoms. The molecule has 1 aliphatic rings. The molecular formula is C19H21F2N3O3S. The summed E-state index contributed by atoms with van der Waals surface area (Å²) in [5.74, 6) is -2.29. The number of piperidine rings is 1. The first-order valence-corrected chi connectivity index (χ1v) is 9.89. The molecule has 1 aliphatic heterocycles. The number of aromatic nitrogens is 1. The van der Waals surface area contributed by atoms with Crippen molar-refractivity contribution in [1.82, 2.24) is 9.88 Å². The maximum absolute atomic E-state index is 13.3. The van der Waals surface area contributed by atoms with E-state index in [2.05, 4.69) is 10.3 Å². The van der Waals surface area contributed by atoms with Gasteiger partial charge in [0.2, 0.25) is 5.91 Å². The molecule has 6 nitrogen and oxygen atoms in total. The van der Waals surface area contributed by atoms with Gasteiger partial charge in [0.25, 0.3) is 0 Å². The molecule has 1 aromatic carbocycles. The van der Waals surface area contributed by atoms with E-state index < -0.39 is 17.7 Å². The maximum atomic E-state index is 13.3. The van der Waals surface area contributed by atoms with E-state index in [1.54, 1.807) is 18.0 Å². The lowest BCUT2D eigenvalue weighted by Gasteiger charge is -2.30. The summed E-state index contributed by atoms with van der Waals surface area (Å²) in [6.07, 6.45) is 3.02. The minimum Gasteiger partial charge on any atom is -0.450 e. The molecule has 1 unspecified atom stereocenters. The zero-order valence-electron chi connectivity index (χ0n) is 15.4. The van der Waals surface area contributed by atoms with Gasteiger partial charge in [0.05, 0.1) is 12.5 Å². The number of likely N-dealkylation sites (tertiary alicyclic amines) is 1. The van der Waals surface area contributed by atoms with Gasteiger partial charge in [0, 0.05) is 30.6 Å². The molecule has 2 heterocycles. The second kappa shape index (κ2) is 9.09. The van der Waals surface area contributed by atoms with Gasteiger partial charge in [-0.1, -0.05) is 6.07 Å². The lowest BCUT2D eigenvalue weighted by Crippen LogP contribution is -2.44. The van der Waals surface area contributed by atoms with Crippen LogP contribution in [0.25, 0.3) is 0 Å². The average molecular weight is 409 g/mol. The number of thiazole rings is 1. The Morgan fingerprint density at radius 1 is 1.36 bits per heavy atom. The molecule has 1 atom stereocenters. The monoisotopic (exact) mass is 409 g/mol. The second-order valence-electron chi connectivity index (χ2n) is 6.53. The molecule has 1 N–H and O–H groups in total. The summed E-state index contributed by atoms with van der Waals surface area (Å²) < 4.78 is 31.3. The largest absolute Gasteiger partial charge is 0.450 e. The third-order valence-electron chi connectivity index (χ3n) is 4.46. The summed E-state index contributed by atoms with van der Waals surface area (Å²) in [6.45, 7) is 2.94. The lowest BCUT2D eigenvalue weighted by molar-refractivity contribution is -0.121. The quantitative estimate of drug-likeness (QED) is 0.815. The van der Waals surface area contributed by atoms with Gasteiger partial charge in [-0.05, 0) is 37.5 Å². The Labute approximate surface area is 165 Å². The average Bonchev–Trinajstić information content (AvgIpc) is 3.12. The van der Waals surface area contributed by atoms with E-state index in [0.717, 1.165) is 23.4 Å². The second-order valence-corrected chi connectivity index (χ2v) is 7.65. The van der Waals surface area contributed by atoms with Crippen LogP contribution in [0.5, 0.6) is 0 Å². The van der Waals surface area contributed by atoms with Crippen molar-refractivity contribution in [2.45, 2.75) is 26.2 Å². The predicted octanol–water partition coefficient (Wildman–Crippen LogP) is 3.82. The van der Waals surface area contributed by atoms with E-state index >= 15 is 0 Å². The topological polar surface area (TPSA) is 71.5 Å². The smallest absolute Gasteiger partial charge is 0.409 e. The fourth-order valence-electron chi connectivity index (χ4n) is 3.08. The minimum absolute atomic E-state index is 0.192. The fraction of sp³-hybridized carbons (Fsp3) is 0.421. The fourth-order valence-corrected chi connectivity index (χ4v) is 3.93. The number of ether oxygens (including phenoxy) is 1. The van der Waals surface area contributed by atoms with Crippen molar-refractivity contribution in [3.63, 3.8) is 0 Å². The molecule has 0 saturated carbocycles. The lowest BCUT2D eigenvalue weighted by atomic mass is 9.97. The third-order valence-corrected chi connectivity index (χ3v) is 5.38. The Kier molecular flexibility index (Phi) is 6.56. The highest BCUT2D eigenvalue weighted by Crippen LogP contribution is 2.24. The Morgan fingerprint density at radius 2 is 2.18 bits per heavy atom. The van der Waals surface area contributed by atoms with Crippen molar-refractivity contribution in [1.29, 1.82) is 0 Å². The van der Waals surface area contributed by atoms with Crippen molar-refractivity contribution in [2.24, 2.45) is 5.92 Å². The normalized spacial score (nSPS) is 16.7. The van der Waals surface area contributed by atoms with Crippen LogP contribution in [0, 0.1) is 17.6 Å². The van der Waals surface area contributed by atoms with Crippen LogP contribution in [0.1, 0.15) is 30.2 Å². The van der Waals surface area contributed by atoms with Crippen molar-refractivity contribution in [3.8, 4) is 0 Å². The van der Waals surface area contributed by atoms with E-state index in [1.165, 1.54) is 17.4 Å². The minimum atomic E-state index is -0.890. The van der Waals surface area contributed by atoms with Crippen LogP contribution in [0.2, 0.25) is 0 Å². The molecule has 2 aromatic rings. The van der Waals surface area contributed by atoms with Crippen LogP contribution in [0.3, 0.4) is 0 Å².